The van der Waals surface area contributed by atoms with Crippen molar-refractivity contribution < 1.29 is 4.74 Å². The average molecular weight is 126 g/mol. The molecule has 0 spiro atoms. The molecule has 1 atom stereocenters. The van der Waals surface area contributed by atoms with Gasteiger partial charge in [-0.05, 0) is 24.3 Å². The van der Waals surface area contributed by atoms with Crippen LogP contribution in [-0.2, 0) is 4.74 Å². The minimum atomic E-state index is 0.749. The molecular weight excluding hydrogens is 112 g/mol. The highest BCUT2D eigenvalue weighted by molar-refractivity contribution is 4.88. The molecule has 52 valence electrons. The quantitative estimate of drug-likeness (QED) is 0.523. The Labute approximate surface area is 56.7 Å². The number of rotatable bonds is 1. The van der Waals surface area contributed by atoms with Gasteiger partial charge in [0.1, 0.15) is 0 Å². The molecule has 1 nitrogen and oxygen atoms in total. The van der Waals surface area contributed by atoms with Gasteiger partial charge in [-0.2, -0.15) is 0 Å². The molecule has 0 aromatic rings. The number of allylic oxidation sites excluding steroid dienone is 1. The Hall–Kier alpha value is -0.460. The van der Waals surface area contributed by atoms with E-state index in [1.165, 1.54) is 6.42 Å². The molecule has 0 bridgehead atoms. The van der Waals surface area contributed by atoms with E-state index >= 15 is 0 Å². The third-order valence-corrected chi connectivity index (χ3v) is 1.85. The molecule has 1 unspecified atom stereocenters. The van der Waals surface area contributed by atoms with Crippen molar-refractivity contribution in [1.29, 1.82) is 0 Å². The lowest BCUT2D eigenvalue weighted by atomic mass is 9.92. The first-order valence-electron chi connectivity index (χ1n) is 3.59. The largest absolute Gasteiger partial charge is 0.501 e. The zero-order valence-electron chi connectivity index (χ0n) is 6.13. The van der Waals surface area contributed by atoms with Gasteiger partial charge in [-0.25, -0.2) is 0 Å². The van der Waals surface area contributed by atoms with Crippen molar-refractivity contribution in [2.24, 2.45) is 11.8 Å². The molecule has 1 heteroatoms. The molecule has 9 heavy (non-hydrogen) atoms. The average Bonchev–Trinajstić information content (AvgIpc) is 1.90. The molecule has 1 rings (SSSR count). The molecule has 0 aliphatic carbocycles. The van der Waals surface area contributed by atoms with Crippen molar-refractivity contribution in [3.8, 4) is 0 Å². The topological polar surface area (TPSA) is 9.23 Å². The lowest BCUT2D eigenvalue weighted by molar-refractivity contribution is 0.193. The van der Waals surface area contributed by atoms with Gasteiger partial charge in [0.2, 0.25) is 0 Å². The Kier molecular flexibility index (Phi) is 2.15. The normalized spacial score (nSPS) is 26.3. The summed E-state index contributed by atoms with van der Waals surface area (Å²) >= 11 is 0. The number of ether oxygens (including phenoxy) is 1. The fourth-order valence-electron chi connectivity index (χ4n) is 1.08. The molecule has 0 amide bonds. The van der Waals surface area contributed by atoms with Gasteiger partial charge in [0.25, 0.3) is 0 Å². The van der Waals surface area contributed by atoms with E-state index in [1.54, 1.807) is 0 Å². The van der Waals surface area contributed by atoms with Crippen LogP contribution in [0.5, 0.6) is 0 Å². The van der Waals surface area contributed by atoms with E-state index in [2.05, 4.69) is 19.9 Å². The van der Waals surface area contributed by atoms with Crippen LogP contribution in [0, 0.1) is 11.8 Å². The standard InChI is InChI=1S/C8H14O/c1-7(2)8-3-5-9-6-4-8/h3,5,7-8H,4,6H2,1-2H3. The Morgan fingerprint density at radius 1 is 1.56 bits per heavy atom. The van der Waals surface area contributed by atoms with Crippen LogP contribution in [-0.4, -0.2) is 6.61 Å². The van der Waals surface area contributed by atoms with Crippen molar-refractivity contribution in [2.75, 3.05) is 6.61 Å². The fraction of sp³-hybridized carbons (Fsp3) is 0.750. The maximum atomic E-state index is 5.07. The second-order valence-electron chi connectivity index (χ2n) is 2.90. The molecule has 0 saturated carbocycles. The van der Waals surface area contributed by atoms with Crippen LogP contribution in [0.2, 0.25) is 0 Å². The summed E-state index contributed by atoms with van der Waals surface area (Å²) in [5.74, 6) is 1.52. The van der Waals surface area contributed by atoms with Crippen LogP contribution in [0.25, 0.3) is 0 Å². The summed E-state index contributed by atoms with van der Waals surface area (Å²) in [7, 11) is 0. The van der Waals surface area contributed by atoms with Crippen LogP contribution < -0.4 is 0 Å². The fourth-order valence-corrected chi connectivity index (χ4v) is 1.08. The van der Waals surface area contributed by atoms with Crippen molar-refractivity contribution in [3.63, 3.8) is 0 Å². The molecule has 1 aliphatic rings. The van der Waals surface area contributed by atoms with E-state index in [9.17, 15) is 0 Å². The first-order chi connectivity index (χ1) is 4.30. The van der Waals surface area contributed by atoms with Crippen molar-refractivity contribution in [1.82, 2.24) is 0 Å². The minimum Gasteiger partial charge on any atom is -0.501 e. The van der Waals surface area contributed by atoms with Crippen molar-refractivity contribution in [3.05, 3.63) is 12.3 Å². The van der Waals surface area contributed by atoms with Crippen molar-refractivity contribution in [2.45, 2.75) is 20.3 Å². The number of hydrogen-bond donors (Lipinski definition) is 0. The van der Waals surface area contributed by atoms with Gasteiger partial charge in [-0.1, -0.05) is 13.8 Å². The summed E-state index contributed by atoms with van der Waals surface area (Å²) in [6.45, 7) is 5.40. The van der Waals surface area contributed by atoms with E-state index in [4.69, 9.17) is 4.74 Å². The van der Waals surface area contributed by atoms with Gasteiger partial charge < -0.3 is 4.74 Å². The molecule has 0 N–H and O–H groups in total. The summed E-state index contributed by atoms with van der Waals surface area (Å²) in [5, 5.41) is 0. The zero-order chi connectivity index (χ0) is 6.69. The van der Waals surface area contributed by atoms with Gasteiger partial charge in [0, 0.05) is 0 Å². The Balaban J connectivity index is 2.40. The second kappa shape index (κ2) is 2.90. The zero-order valence-corrected chi connectivity index (χ0v) is 6.13. The SMILES string of the molecule is CC(C)C1C=COCC1. The second-order valence-corrected chi connectivity index (χ2v) is 2.90. The highest BCUT2D eigenvalue weighted by Gasteiger charge is 2.11. The van der Waals surface area contributed by atoms with Gasteiger partial charge in [0.15, 0.2) is 0 Å². The smallest absolute Gasteiger partial charge is 0.0878 e. The third kappa shape index (κ3) is 1.74. The summed E-state index contributed by atoms with van der Waals surface area (Å²) < 4.78 is 5.07. The molecule has 0 radical (unpaired) electrons. The number of hydrogen-bond acceptors (Lipinski definition) is 1. The molecule has 0 aromatic heterocycles. The molecule has 1 heterocycles. The van der Waals surface area contributed by atoms with Crippen LogP contribution in [0.3, 0.4) is 0 Å². The lowest BCUT2D eigenvalue weighted by Gasteiger charge is -2.19. The minimum absolute atomic E-state index is 0.749. The van der Waals surface area contributed by atoms with Crippen LogP contribution >= 0.6 is 0 Å². The van der Waals surface area contributed by atoms with Crippen LogP contribution in [0.4, 0.5) is 0 Å². The third-order valence-electron chi connectivity index (χ3n) is 1.85. The van der Waals surface area contributed by atoms with Gasteiger partial charge in [-0.3, -0.25) is 0 Å². The maximum Gasteiger partial charge on any atom is 0.0878 e. The summed E-state index contributed by atoms with van der Waals surface area (Å²) in [6, 6.07) is 0. The predicted octanol–water partition coefficient (Wildman–Crippen LogP) is 2.19. The van der Waals surface area contributed by atoms with E-state index in [0.717, 1.165) is 18.4 Å². The Morgan fingerprint density at radius 3 is 2.67 bits per heavy atom. The molecule has 0 saturated heterocycles. The molecule has 0 fully saturated rings. The van der Waals surface area contributed by atoms with Crippen LogP contribution in [0.15, 0.2) is 12.3 Å². The van der Waals surface area contributed by atoms with E-state index in [0.29, 0.717) is 0 Å². The Morgan fingerprint density at radius 2 is 2.33 bits per heavy atom. The summed E-state index contributed by atoms with van der Waals surface area (Å²) in [5.41, 5.74) is 0. The van der Waals surface area contributed by atoms with E-state index < -0.39 is 0 Å². The lowest BCUT2D eigenvalue weighted by Crippen LogP contribution is -2.11. The molecule has 1 aliphatic heterocycles. The molecule has 0 aromatic carbocycles. The van der Waals surface area contributed by atoms with Crippen LogP contribution in [0.1, 0.15) is 20.3 Å². The first-order valence-corrected chi connectivity index (χ1v) is 3.59. The molecular formula is C8H14O. The van der Waals surface area contributed by atoms with Gasteiger partial charge >= 0.3 is 0 Å². The van der Waals surface area contributed by atoms with Crippen molar-refractivity contribution >= 4 is 0 Å². The maximum absolute atomic E-state index is 5.07. The predicted molar refractivity (Wildman–Crippen MR) is 38.0 cm³/mol. The van der Waals surface area contributed by atoms with Gasteiger partial charge in [-0.15, -0.1) is 0 Å². The summed E-state index contributed by atoms with van der Waals surface area (Å²) in [4.78, 5) is 0. The highest BCUT2D eigenvalue weighted by Crippen LogP contribution is 2.19. The monoisotopic (exact) mass is 126 g/mol. The van der Waals surface area contributed by atoms with Gasteiger partial charge in [0.05, 0.1) is 12.9 Å². The highest BCUT2D eigenvalue weighted by atomic mass is 16.5. The Bertz CT molecular complexity index is 105. The van der Waals surface area contributed by atoms with E-state index in [-0.39, 0.29) is 0 Å². The van der Waals surface area contributed by atoms with E-state index in [1.807, 2.05) is 6.26 Å². The summed E-state index contributed by atoms with van der Waals surface area (Å²) in [6.07, 6.45) is 5.18. The first kappa shape index (κ1) is 6.66.